The topological polar surface area (TPSA) is 90.3 Å². The number of anilines is 1. The van der Waals surface area contributed by atoms with E-state index in [-0.39, 0.29) is 11.0 Å². The van der Waals surface area contributed by atoms with Crippen molar-refractivity contribution in [1.82, 2.24) is 20.3 Å². The number of halogens is 1. The van der Waals surface area contributed by atoms with Crippen molar-refractivity contribution in [3.05, 3.63) is 70.2 Å². The Morgan fingerprint density at radius 2 is 1.79 bits per heavy atom. The fraction of sp³-hybridized carbons (Fsp3) is 0.167. The molecule has 10 heteroatoms. The number of ether oxygens (including phenoxy) is 2. The van der Waals surface area contributed by atoms with Crippen molar-refractivity contribution < 1.29 is 14.3 Å². The number of hydrogen-bond acceptors (Lipinski definition) is 6. The first-order chi connectivity index (χ1) is 16.4. The number of carbonyl (C=O) groups is 1. The zero-order chi connectivity index (χ0) is 24.2. The molecular weight excluding hydrogens is 518 g/mol. The minimum atomic E-state index is -0.379. The summed E-state index contributed by atoms with van der Waals surface area (Å²) in [6.45, 7) is 4.48. The Bertz CT molecular complexity index is 1370. The predicted molar refractivity (Wildman–Crippen MR) is 139 cm³/mol. The van der Waals surface area contributed by atoms with Gasteiger partial charge in [-0.2, -0.15) is 4.80 Å². The third-order valence-corrected chi connectivity index (χ3v) is 5.68. The molecule has 3 aromatic carbocycles. The Morgan fingerprint density at radius 1 is 1.09 bits per heavy atom. The maximum Gasteiger partial charge on any atom is 0.261 e. The first kappa shape index (κ1) is 23.7. The van der Waals surface area contributed by atoms with Crippen LogP contribution in [-0.2, 0) is 0 Å². The van der Waals surface area contributed by atoms with Gasteiger partial charge < -0.3 is 14.8 Å². The molecule has 8 nitrogen and oxygen atoms in total. The average Bonchev–Trinajstić information content (AvgIpc) is 3.22. The molecule has 0 radical (unpaired) electrons. The van der Waals surface area contributed by atoms with Gasteiger partial charge in [-0.25, -0.2) is 0 Å². The largest absolute Gasteiger partial charge is 0.496 e. The van der Waals surface area contributed by atoms with E-state index in [1.165, 1.54) is 7.11 Å². The van der Waals surface area contributed by atoms with Crippen LogP contribution in [0, 0.1) is 6.92 Å². The lowest BCUT2D eigenvalue weighted by atomic mass is 10.1. The Hall–Kier alpha value is -3.50. The zero-order valence-corrected chi connectivity index (χ0v) is 21.2. The monoisotopic (exact) mass is 539 g/mol. The van der Waals surface area contributed by atoms with Gasteiger partial charge in [-0.1, -0.05) is 15.9 Å². The van der Waals surface area contributed by atoms with Crippen molar-refractivity contribution in [2.24, 2.45) is 0 Å². The molecule has 0 aliphatic heterocycles. The molecule has 0 atom stereocenters. The van der Waals surface area contributed by atoms with Gasteiger partial charge in [0.15, 0.2) is 5.11 Å². The quantitative estimate of drug-likeness (QED) is 0.332. The van der Waals surface area contributed by atoms with E-state index in [1.807, 2.05) is 50.2 Å². The number of nitrogens with zero attached hydrogens (tertiary/aromatic N) is 3. The van der Waals surface area contributed by atoms with Crippen molar-refractivity contribution >= 4 is 55.9 Å². The SMILES string of the molecule is CCOc1ccc(-n2nc3cc(C)c(NC(=S)NC(=O)c4cc(Br)ccc4OC)cc3n2)cc1. The van der Waals surface area contributed by atoms with E-state index in [0.717, 1.165) is 32.7 Å². The minimum absolute atomic E-state index is 0.161. The summed E-state index contributed by atoms with van der Waals surface area (Å²) in [6.07, 6.45) is 0. The lowest BCUT2D eigenvalue weighted by Crippen LogP contribution is -2.34. The van der Waals surface area contributed by atoms with Gasteiger partial charge in [-0.05, 0) is 86.2 Å². The molecule has 0 saturated heterocycles. The highest BCUT2D eigenvalue weighted by Crippen LogP contribution is 2.24. The lowest BCUT2D eigenvalue weighted by Gasteiger charge is -2.13. The first-order valence-electron chi connectivity index (χ1n) is 10.4. The molecule has 4 aromatic rings. The summed E-state index contributed by atoms with van der Waals surface area (Å²) in [6, 6.07) is 16.5. The van der Waals surface area contributed by atoms with Crippen molar-refractivity contribution in [1.29, 1.82) is 0 Å². The molecule has 0 unspecified atom stereocenters. The molecule has 2 N–H and O–H groups in total. The molecule has 0 aliphatic carbocycles. The number of carbonyl (C=O) groups excluding carboxylic acids is 1. The van der Waals surface area contributed by atoms with Gasteiger partial charge in [-0.3, -0.25) is 10.1 Å². The fourth-order valence-corrected chi connectivity index (χ4v) is 3.91. The van der Waals surface area contributed by atoms with E-state index in [0.29, 0.717) is 23.4 Å². The third-order valence-electron chi connectivity index (χ3n) is 4.99. The second-order valence-corrected chi connectivity index (χ2v) is 8.65. The second-order valence-electron chi connectivity index (χ2n) is 7.33. The van der Waals surface area contributed by atoms with Crippen molar-refractivity contribution in [3.63, 3.8) is 0 Å². The van der Waals surface area contributed by atoms with Crippen LogP contribution in [0.1, 0.15) is 22.8 Å². The minimum Gasteiger partial charge on any atom is -0.496 e. The first-order valence-corrected chi connectivity index (χ1v) is 11.6. The molecule has 174 valence electrons. The number of amides is 1. The molecule has 1 heterocycles. The lowest BCUT2D eigenvalue weighted by molar-refractivity contribution is 0.0974. The van der Waals surface area contributed by atoms with Crippen LogP contribution in [0.3, 0.4) is 0 Å². The van der Waals surface area contributed by atoms with Crippen LogP contribution in [0.25, 0.3) is 16.7 Å². The number of nitrogens with one attached hydrogen (secondary N) is 2. The summed E-state index contributed by atoms with van der Waals surface area (Å²) < 4.78 is 11.5. The maximum atomic E-state index is 12.7. The van der Waals surface area contributed by atoms with E-state index in [4.69, 9.17) is 21.7 Å². The van der Waals surface area contributed by atoms with Crippen molar-refractivity contribution in [3.8, 4) is 17.2 Å². The number of methoxy groups -OCH3 is 1. The molecule has 34 heavy (non-hydrogen) atoms. The van der Waals surface area contributed by atoms with Crippen LogP contribution < -0.4 is 20.1 Å². The molecule has 0 saturated carbocycles. The number of rotatable bonds is 6. The normalized spacial score (nSPS) is 10.7. The van der Waals surface area contributed by atoms with Crippen LogP contribution in [0.4, 0.5) is 5.69 Å². The van der Waals surface area contributed by atoms with Crippen LogP contribution in [0.5, 0.6) is 11.5 Å². The summed E-state index contributed by atoms with van der Waals surface area (Å²) in [5, 5.41) is 15.1. The van der Waals surface area contributed by atoms with E-state index in [1.54, 1.807) is 23.0 Å². The van der Waals surface area contributed by atoms with Crippen molar-refractivity contribution in [2.45, 2.75) is 13.8 Å². The van der Waals surface area contributed by atoms with E-state index in [2.05, 4.69) is 36.8 Å². The number of benzene rings is 3. The van der Waals surface area contributed by atoms with Gasteiger partial charge in [0.25, 0.3) is 5.91 Å². The highest BCUT2D eigenvalue weighted by Gasteiger charge is 2.15. The highest BCUT2D eigenvalue weighted by molar-refractivity contribution is 9.10. The van der Waals surface area contributed by atoms with Gasteiger partial charge >= 0.3 is 0 Å². The van der Waals surface area contributed by atoms with Gasteiger partial charge in [0.1, 0.15) is 22.5 Å². The van der Waals surface area contributed by atoms with E-state index >= 15 is 0 Å². The highest BCUT2D eigenvalue weighted by atomic mass is 79.9. The number of thiocarbonyl (C=S) groups is 1. The zero-order valence-electron chi connectivity index (χ0n) is 18.8. The Labute approximate surface area is 210 Å². The third kappa shape index (κ3) is 5.18. The number of aryl methyl sites for hydroxylation is 1. The van der Waals surface area contributed by atoms with Crippen LogP contribution in [0.15, 0.2) is 59.1 Å². The van der Waals surface area contributed by atoms with E-state index in [9.17, 15) is 4.79 Å². The van der Waals surface area contributed by atoms with Gasteiger partial charge in [-0.15, -0.1) is 10.2 Å². The summed E-state index contributed by atoms with van der Waals surface area (Å²) >= 11 is 8.74. The number of fused-ring (bicyclic) bond motifs is 1. The van der Waals surface area contributed by atoms with E-state index < -0.39 is 0 Å². The van der Waals surface area contributed by atoms with Crippen LogP contribution in [0.2, 0.25) is 0 Å². The van der Waals surface area contributed by atoms with Crippen molar-refractivity contribution in [2.75, 3.05) is 19.0 Å². The van der Waals surface area contributed by atoms with Crippen LogP contribution >= 0.6 is 28.1 Å². The molecule has 0 bridgehead atoms. The summed E-state index contributed by atoms with van der Waals surface area (Å²) in [5.74, 6) is 0.865. The van der Waals surface area contributed by atoms with Gasteiger partial charge in [0.05, 0.1) is 25.0 Å². The second kappa shape index (κ2) is 10.2. The molecule has 4 rings (SSSR count). The average molecular weight is 540 g/mol. The fourth-order valence-electron chi connectivity index (χ4n) is 3.34. The van der Waals surface area contributed by atoms with Gasteiger partial charge in [0, 0.05) is 10.2 Å². The Balaban J connectivity index is 1.52. The molecule has 0 fully saturated rings. The molecule has 1 aromatic heterocycles. The molecule has 1 amide bonds. The molecule has 0 aliphatic rings. The molecular formula is C24H22BrN5O3S. The van der Waals surface area contributed by atoms with Gasteiger partial charge in [0.2, 0.25) is 0 Å². The molecule has 0 spiro atoms. The maximum absolute atomic E-state index is 12.7. The summed E-state index contributed by atoms with van der Waals surface area (Å²) in [7, 11) is 1.51. The summed E-state index contributed by atoms with van der Waals surface area (Å²) in [5.41, 5.74) is 4.24. The van der Waals surface area contributed by atoms with Crippen LogP contribution in [-0.4, -0.2) is 39.7 Å². The Kier molecular flexibility index (Phi) is 7.09. The standard InChI is InChI=1S/C24H22BrN5O3S/c1-4-33-17-8-6-16(7-9-17)30-28-20-11-14(2)19(13-21(20)29-30)26-24(34)27-23(31)18-12-15(25)5-10-22(18)32-3/h5-13H,4H2,1-3H3,(H2,26,27,31,34). The number of aromatic nitrogens is 3. The Morgan fingerprint density at radius 3 is 2.47 bits per heavy atom. The predicted octanol–water partition coefficient (Wildman–Crippen LogP) is 5.03. The number of hydrogen-bond donors (Lipinski definition) is 2. The smallest absolute Gasteiger partial charge is 0.261 e. The summed E-state index contributed by atoms with van der Waals surface area (Å²) in [4.78, 5) is 14.3.